The van der Waals surface area contributed by atoms with E-state index in [1.807, 2.05) is 20.2 Å². The normalized spacial score (nSPS) is 10.4. The van der Waals surface area contributed by atoms with Crippen LogP contribution in [0, 0.1) is 6.92 Å². The van der Waals surface area contributed by atoms with E-state index >= 15 is 0 Å². The van der Waals surface area contributed by atoms with Gasteiger partial charge in [-0.2, -0.15) is 0 Å². The molecule has 0 saturated heterocycles. The first-order chi connectivity index (χ1) is 8.56. The lowest BCUT2D eigenvalue weighted by Crippen LogP contribution is -2.10. The van der Waals surface area contributed by atoms with E-state index in [0.717, 1.165) is 11.4 Å². The molecule has 1 aromatic heterocycles. The number of anilines is 2. The largest absolute Gasteiger partial charge is 0.448 e. The zero-order valence-electron chi connectivity index (χ0n) is 10.8. The lowest BCUT2D eigenvalue weighted by molar-refractivity contribution is 0.520. The van der Waals surface area contributed by atoms with Crippen molar-refractivity contribution in [1.82, 2.24) is 0 Å². The Kier molecular flexibility index (Phi) is 3.82. The number of nitrogens with zero attached hydrogens (tertiary/aromatic N) is 1. The molecule has 0 unspecified atom stereocenters. The van der Waals surface area contributed by atoms with E-state index in [1.165, 1.54) is 11.3 Å². The van der Waals surface area contributed by atoms with Gasteiger partial charge in [-0.3, -0.25) is 0 Å². The van der Waals surface area contributed by atoms with Crippen molar-refractivity contribution < 1.29 is 4.42 Å². The molecule has 2 rings (SSSR count). The smallest absolute Gasteiger partial charge is 0.193 e. The molecule has 0 radical (unpaired) electrons. The van der Waals surface area contributed by atoms with Crippen LogP contribution < -0.4 is 10.2 Å². The zero-order chi connectivity index (χ0) is 13.1. The summed E-state index contributed by atoms with van der Waals surface area (Å²) in [5, 5.41) is 3.74. The highest BCUT2D eigenvalue weighted by Crippen LogP contribution is 2.23. The Morgan fingerprint density at radius 3 is 2.61 bits per heavy atom. The number of hydrogen-bond donors (Lipinski definition) is 1. The van der Waals surface area contributed by atoms with Gasteiger partial charge in [0.15, 0.2) is 5.22 Å². The van der Waals surface area contributed by atoms with E-state index in [-0.39, 0.29) is 0 Å². The summed E-state index contributed by atoms with van der Waals surface area (Å²) in [6.07, 6.45) is 0. The highest BCUT2D eigenvalue weighted by atomic mass is 35.5. The van der Waals surface area contributed by atoms with Gasteiger partial charge in [0.1, 0.15) is 5.76 Å². The number of halogens is 1. The molecule has 3 nitrogen and oxygen atoms in total. The van der Waals surface area contributed by atoms with Gasteiger partial charge < -0.3 is 14.6 Å². The van der Waals surface area contributed by atoms with Crippen molar-refractivity contribution in [1.29, 1.82) is 0 Å². The minimum atomic E-state index is 0.421. The Bertz CT molecular complexity index is 534. The maximum Gasteiger partial charge on any atom is 0.193 e. The van der Waals surface area contributed by atoms with Crippen LogP contribution in [0.3, 0.4) is 0 Å². The van der Waals surface area contributed by atoms with E-state index < -0.39 is 0 Å². The van der Waals surface area contributed by atoms with Gasteiger partial charge in [-0.25, -0.2) is 0 Å². The van der Waals surface area contributed by atoms with Crippen LogP contribution >= 0.6 is 11.6 Å². The van der Waals surface area contributed by atoms with Gasteiger partial charge in [-0.05, 0) is 48.4 Å². The van der Waals surface area contributed by atoms with Gasteiger partial charge >= 0.3 is 0 Å². The second-order valence-electron chi connectivity index (χ2n) is 4.46. The molecule has 0 bridgehead atoms. The molecule has 0 aliphatic rings. The maximum atomic E-state index is 5.73. The van der Waals surface area contributed by atoms with Crippen molar-refractivity contribution in [3.63, 3.8) is 0 Å². The summed E-state index contributed by atoms with van der Waals surface area (Å²) in [7, 11) is 4.08. The second-order valence-corrected chi connectivity index (χ2v) is 4.83. The second kappa shape index (κ2) is 5.36. The highest BCUT2D eigenvalue weighted by Gasteiger charge is 2.03. The molecule has 1 N–H and O–H groups in total. The summed E-state index contributed by atoms with van der Waals surface area (Å²) >= 11 is 5.73. The molecule has 0 saturated carbocycles. The molecule has 96 valence electrons. The molecule has 0 fully saturated rings. The number of furan rings is 1. The lowest BCUT2D eigenvalue weighted by Gasteiger charge is -2.17. The Morgan fingerprint density at radius 2 is 2.00 bits per heavy atom. The fourth-order valence-electron chi connectivity index (χ4n) is 1.84. The quantitative estimate of drug-likeness (QED) is 0.907. The molecule has 0 amide bonds. The Balaban J connectivity index is 2.08. The van der Waals surface area contributed by atoms with Crippen LogP contribution in [-0.4, -0.2) is 14.1 Å². The van der Waals surface area contributed by atoms with Gasteiger partial charge in [-0.1, -0.05) is 6.07 Å². The van der Waals surface area contributed by atoms with Crippen LogP contribution in [0.5, 0.6) is 0 Å². The molecular formula is C14H17ClN2O. The van der Waals surface area contributed by atoms with E-state index in [9.17, 15) is 0 Å². The summed E-state index contributed by atoms with van der Waals surface area (Å²) in [4.78, 5) is 2.10. The van der Waals surface area contributed by atoms with E-state index in [4.69, 9.17) is 16.0 Å². The predicted molar refractivity (Wildman–Crippen MR) is 76.6 cm³/mol. The lowest BCUT2D eigenvalue weighted by atomic mass is 10.1. The minimum absolute atomic E-state index is 0.421. The van der Waals surface area contributed by atoms with Crippen LogP contribution in [0.4, 0.5) is 11.4 Å². The van der Waals surface area contributed by atoms with Crippen LogP contribution in [-0.2, 0) is 6.54 Å². The average Bonchev–Trinajstić information content (AvgIpc) is 2.74. The number of hydrogen-bond acceptors (Lipinski definition) is 3. The van der Waals surface area contributed by atoms with Gasteiger partial charge in [0.2, 0.25) is 0 Å². The number of aryl methyl sites for hydroxylation is 1. The molecule has 1 aromatic carbocycles. The average molecular weight is 265 g/mol. The van der Waals surface area contributed by atoms with Gasteiger partial charge in [0.05, 0.1) is 6.54 Å². The van der Waals surface area contributed by atoms with Crippen LogP contribution in [0.2, 0.25) is 5.22 Å². The molecule has 0 atom stereocenters. The van der Waals surface area contributed by atoms with Gasteiger partial charge in [0.25, 0.3) is 0 Å². The zero-order valence-corrected chi connectivity index (χ0v) is 11.6. The molecular weight excluding hydrogens is 248 g/mol. The molecule has 0 aliphatic heterocycles. The minimum Gasteiger partial charge on any atom is -0.448 e. The number of nitrogens with one attached hydrogen (secondary N) is 1. The van der Waals surface area contributed by atoms with Crippen molar-refractivity contribution in [3.05, 3.63) is 46.9 Å². The third-order valence-corrected chi connectivity index (χ3v) is 2.99. The summed E-state index contributed by atoms with van der Waals surface area (Å²) in [6.45, 7) is 2.73. The van der Waals surface area contributed by atoms with Crippen LogP contribution in [0.15, 0.2) is 34.7 Å². The fraction of sp³-hybridized carbons (Fsp3) is 0.286. The van der Waals surface area contributed by atoms with Crippen molar-refractivity contribution in [3.8, 4) is 0 Å². The molecule has 4 heteroatoms. The number of rotatable bonds is 4. The SMILES string of the molecule is Cc1ccc(NCc2ccc(Cl)o2)cc1N(C)C. The van der Waals surface area contributed by atoms with Gasteiger partial charge in [0, 0.05) is 25.5 Å². The van der Waals surface area contributed by atoms with Crippen LogP contribution in [0.1, 0.15) is 11.3 Å². The summed E-state index contributed by atoms with van der Waals surface area (Å²) in [5.41, 5.74) is 3.53. The first-order valence-corrected chi connectivity index (χ1v) is 6.20. The fourth-order valence-corrected chi connectivity index (χ4v) is 2.00. The van der Waals surface area contributed by atoms with Crippen molar-refractivity contribution in [2.24, 2.45) is 0 Å². The molecule has 0 aliphatic carbocycles. The highest BCUT2D eigenvalue weighted by molar-refractivity contribution is 6.28. The summed E-state index contributed by atoms with van der Waals surface area (Å²) in [6, 6.07) is 9.91. The molecule has 2 aromatic rings. The third kappa shape index (κ3) is 2.99. The van der Waals surface area contributed by atoms with Crippen molar-refractivity contribution >= 4 is 23.0 Å². The Labute approximate surface area is 112 Å². The first kappa shape index (κ1) is 12.8. The summed E-state index contributed by atoms with van der Waals surface area (Å²) in [5.74, 6) is 0.826. The molecule has 18 heavy (non-hydrogen) atoms. The topological polar surface area (TPSA) is 28.4 Å². The van der Waals surface area contributed by atoms with Crippen molar-refractivity contribution in [2.75, 3.05) is 24.3 Å². The van der Waals surface area contributed by atoms with E-state index in [2.05, 4.69) is 35.3 Å². The maximum absolute atomic E-state index is 5.73. The van der Waals surface area contributed by atoms with Crippen molar-refractivity contribution in [2.45, 2.75) is 13.5 Å². The Hall–Kier alpha value is -1.61. The monoisotopic (exact) mass is 264 g/mol. The molecule has 0 spiro atoms. The summed E-state index contributed by atoms with van der Waals surface area (Å²) < 4.78 is 5.30. The van der Waals surface area contributed by atoms with Gasteiger partial charge in [-0.15, -0.1) is 0 Å². The molecule has 1 heterocycles. The number of benzene rings is 1. The predicted octanol–water partition coefficient (Wildman–Crippen LogP) is 3.92. The van der Waals surface area contributed by atoms with Crippen LogP contribution in [0.25, 0.3) is 0 Å². The standard InChI is InChI=1S/C14H17ClN2O/c1-10-4-5-11(8-13(10)17(2)3)16-9-12-6-7-14(15)18-12/h4-8,16H,9H2,1-3H3. The third-order valence-electron chi connectivity index (χ3n) is 2.79. The Morgan fingerprint density at radius 1 is 1.22 bits per heavy atom. The van der Waals surface area contributed by atoms with E-state index in [1.54, 1.807) is 6.07 Å². The van der Waals surface area contributed by atoms with E-state index in [0.29, 0.717) is 11.8 Å². The first-order valence-electron chi connectivity index (χ1n) is 5.82.